The third-order valence-corrected chi connectivity index (χ3v) is 4.95. The minimum Gasteiger partial charge on any atom is -0.298 e. The van der Waals surface area contributed by atoms with Gasteiger partial charge in [-0.25, -0.2) is 0 Å². The number of halogens is 1. The maximum absolute atomic E-state index is 12.0. The zero-order chi connectivity index (χ0) is 15.8. The maximum Gasteiger partial charge on any atom is 0.146 e. The molecule has 0 aliphatic heterocycles. The summed E-state index contributed by atoms with van der Waals surface area (Å²) >= 11 is 3.35. The second-order valence-corrected chi connectivity index (χ2v) is 6.97. The summed E-state index contributed by atoms with van der Waals surface area (Å²) in [5.74, 6) is 0.748. The van der Waals surface area contributed by atoms with Crippen LogP contribution in [0.25, 0.3) is 0 Å². The molecule has 0 spiro atoms. The minimum atomic E-state index is 0.321. The fraction of sp³-hybridized carbons (Fsp3) is 0.947. The predicted molar refractivity (Wildman–Crippen MR) is 98.3 cm³/mol. The van der Waals surface area contributed by atoms with Crippen molar-refractivity contribution in [3.8, 4) is 0 Å². The van der Waals surface area contributed by atoms with Crippen molar-refractivity contribution in [3.63, 3.8) is 0 Å². The average molecular weight is 361 g/mol. The van der Waals surface area contributed by atoms with Gasteiger partial charge in [0.1, 0.15) is 5.78 Å². The van der Waals surface area contributed by atoms with Crippen LogP contribution in [0.15, 0.2) is 0 Å². The van der Waals surface area contributed by atoms with Crippen LogP contribution < -0.4 is 0 Å². The highest BCUT2D eigenvalue weighted by Crippen LogP contribution is 2.20. The van der Waals surface area contributed by atoms with Gasteiger partial charge in [0.2, 0.25) is 0 Å². The molecule has 0 radical (unpaired) electrons. The predicted octanol–water partition coefficient (Wildman–Crippen LogP) is 7.07. The monoisotopic (exact) mass is 360 g/mol. The normalized spacial score (nSPS) is 12.5. The summed E-state index contributed by atoms with van der Waals surface area (Å²) in [5, 5.41) is 0.545. The number of carbonyl (C=O) groups is 1. The third kappa shape index (κ3) is 13.5. The summed E-state index contributed by atoms with van der Waals surface area (Å²) in [7, 11) is 0. The van der Waals surface area contributed by atoms with Gasteiger partial charge < -0.3 is 0 Å². The molecule has 0 aromatic rings. The lowest BCUT2D eigenvalue weighted by Crippen LogP contribution is -2.15. The van der Waals surface area contributed by atoms with Gasteiger partial charge in [-0.05, 0) is 12.8 Å². The molecule has 0 N–H and O–H groups in total. The molecule has 1 nitrogen and oxygen atoms in total. The van der Waals surface area contributed by atoms with Crippen molar-refractivity contribution in [2.45, 2.75) is 104 Å². The quantitative estimate of drug-likeness (QED) is 0.212. The van der Waals surface area contributed by atoms with Crippen LogP contribution in [0.4, 0.5) is 0 Å². The van der Waals surface area contributed by atoms with E-state index in [1.807, 2.05) is 0 Å². The molecule has 0 rings (SSSR count). The standard InChI is InChI=1S/C19H37BrO/c1-3-5-7-9-10-12-14-16-18(19(21)17-20)15-13-11-8-6-4-2/h18H,3-17H2,1-2H3. The largest absolute Gasteiger partial charge is 0.298 e. The first-order valence-electron chi connectivity index (χ1n) is 9.34. The number of unbranched alkanes of at least 4 members (excludes halogenated alkanes) is 10. The Kier molecular flexibility index (Phi) is 16.6. The highest BCUT2D eigenvalue weighted by Gasteiger charge is 2.16. The van der Waals surface area contributed by atoms with E-state index < -0.39 is 0 Å². The molecule has 126 valence electrons. The Morgan fingerprint density at radius 3 is 1.48 bits per heavy atom. The van der Waals surface area contributed by atoms with Crippen LogP contribution in [0.1, 0.15) is 104 Å². The molecular formula is C19H37BrO. The van der Waals surface area contributed by atoms with E-state index in [2.05, 4.69) is 29.8 Å². The lowest BCUT2D eigenvalue weighted by Gasteiger charge is -2.14. The molecule has 0 saturated heterocycles. The molecule has 0 aromatic carbocycles. The van der Waals surface area contributed by atoms with Crippen molar-refractivity contribution in [2.75, 3.05) is 5.33 Å². The number of rotatable bonds is 16. The zero-order valence-corrected chi connectivity index (χ0v) is 16.1. The second-order valence-electron chi connectivity index (χ2n) is 6.41. The smallest absolute Gasteiger partial charge is 0.146 e. The number of ketones is 1. The molecular weight excluding hydrogens is 324 g/mol. The van der Waals surface area contributed by atoms with E-state index in [0.29, 0.717) is 17.0 Å². The summed E-state index contributed by atoms with van der Waals surface area (Å²) in [6.07, 6.45) is 18.1. The molecule has 0 aliphatic carbocycles. The Hall–Kier alpha value is 0.150. The molecule has 21 heavy (non-hydrogen) atoms. The highest BCUT2D eigenvalue weighted by atomic mass is 79.9. The van der Waals surface area contributed by atoms with E-state index in [4.69, 9.17) is 0 Å². The Balaban J connectivity index is 3.68. The fourth-order valence-electron chi connectivity index (χ4n) is 2.92. The van der Waals surface area contributed by atoms with E-state index >= 15 is 0 Å². The molecule has 0 heterocycles. The molecule has 1 atom stereocenters. The van der Waals surface area contributed by atoms with Crippen molar-refractivity contribution < 1.29 is 4.79 Å². The van der Waals surface area contributed by atoms with E-state index in [9.17, 15) is 4.79 Å². The van der Waals surface area contributed by atoms with Crippen LogP contribution >= 0.6 is 15.9 Å². The topological polar surface area (TPSA) is 17.1 Å². The Morgan fingerprint density at radius 1 is 0.714 bits per heavy atom. The average Bonchev–Trinajstić information content (AvgIpc) is 2.51. The van der Waals surface area contributed by atoms with Crippen molar-refractivity contribution >= 4 is 21.7 Å². The molecule has 0 amide bonds. The Morgan fingerprint density at radius 2 is 1.10 bits per heavy atom. The van der Waals surface area contributed by atoms with Gasteiger partial charge in [-0.2, -0.15) is 0 Å². The van der Waals surface area contributed by atoms with E-state index in [1.165, 1.54) is 77.0 Å². The molecule has 0 fully saturated rings. The lowest BCUT2D eigenvalue weighted by atomic mass is 9.91. The van der Waals surface area contributed by atoms with Crippen LogP contribution in [0, 0.1) is 5.92 Å². The van der Waals surface area contributed by atoms with E-state index in [0.717, 1.165) is 12.8 Å². The van der Waals surface area contributed by atoms with E-state index in [-0.39, 0.29) is 0 Å². The molecule has 2 heteroatoms. The van der Waals surface area contributed by atoms with Crippen LogP contribution in [0.5, 0.6) is 0 Å². The minimum absolute atomic E-state index is 0.321. The van der Waals surface area contributed by atoms with Gasteiger partial charge in [-0.15, -0.1) is 0 Å². The highest BCUT2D eigenvalue weighted by molar-refractivity contribution is 9.09. The van der Waals surface area contributed by atoms with Gasteiger partial charge in [0, 0.05) is 5.92 Å². The number of alkyl halides is 1. The number of hydrogen-bond donors (Lipinski definition) is 0. The van der Waals surface area contributed by atoms with Crippen molar-refractivity contribution in [2.24, 2.45) is 5.92 Å². The second kappa shape index (κ2) is 16.5. The number of Topliss-reactive ketones (excluding diaryl/α,β-unsaturated/α-hetero) is 1. The Bertz CT molecular complexity index is 228. The summed E-state index contributed by atoms with van der Waals surface area (Å²) in [6, 6.07) is 0. The maximum atomic E-state index is 12.0. The molecule has 1 unspecified atom stereocenters. The first-order chi connectivity index (χ1) is 10.3. The van der Waals surface area contributed by atoms with Gasteiger partial charge in [-0.1, -0.05) is 107 Å². The van der Waals surface area contributed by atoms with Crippen LogP contribution in [-0.2, 0) is 4.79 Å². The first kappa shape index (κ1) is 21.1. The summed E-state index contributed by atoms with van der Waals surface area (Å²) in [4.78, 5) is 12.0. The first-order valence-corrected chi connectivity index (χ1v) is 10.5. The third-order valence-electron chi connectivity index (χ3n) is 4.40. The molecule has 0 saturated carbocycles. The van der Waals surface area contributed by atoms with Gasteiger partial charge in [0.15, 0.2) is 0 Å². The van der Waals surface area contributed by atoms with E-state index in [1.54, 1.807) is 0 Å². The molecule has 0 aliphatic rings. The molecule has 0 aromatic heterocycles. The summed E-state index contributed by atoms with van der Waals surface area (Å²) in [5.41, 5.74) is 0. The number of hydrogen-bond acceptors (Lipinski definition) is 1. The van der Waals surface area contributed by atoms with Crippen molar-refractivity contribution in [1.82, 2.24) is 0 Å². The van der Waals surface area contributed by atoms with Crippen LogP contribution in [-0.4, -0.2) is 11.1 Å². The SMILES string of the molecule is CCCCCCCCCC(CCCCCCC)C(=O)CBr. The van der Waals surface area contributed by atoms with Gasteiger partial charge in [-0.3, -0.25) is 4.79 Å². The van der Waals surface area contributed by atoms with Crippen LogP contribution in [0.3, 0.4) is 0 Å². The van der Waals surface area contributed by atoms with Crippen molar-refractivity contribution in [1.29, 1.82) is 0 Å². The number of carbonyl (C=O) groups excluding carboxylic acids is 1. The van der Waals surface area contributed by atoms with Gasteiger partial charge in [0.25, 0.3) is 0 Å². The summed E-state index contributed by atoms with van der Waals surface area (Å²) in [6.45, 7) is 4.51. The van der Waals surface area contributed by atoms with Gasteiger partial charge >= 0.3 is 0 Å². The summed E-state index contributed by atoms with van der Waals surface area (Å²) < 4.78 is 0. The fourth-order valence-corrected chi connectivity index (χ4v) is 3.38. The van der Waals surface area contributed by atoms with Crippen LogP contribution in [0.2, 0.25) is 0 Å². The van der Waals surface area contributed by atoms with Gasteiger partial charge in [0.05, 0.1) is 5.33 Å². The lowest BCUT2D eigenvalue weighted by molar-refractivity contribution is -0.120. The molecule has 0 bridgehead atoms. The Labute approximate surface area is 141 Å². The zero-order valence-electron chi connectivity index (χ0n) is 14.5. The van der Waals surface area contributed by atoms with Crippen molar-refractivity contribution in [3.05, 3.63) is 0 Å².